The Morgan fingerprint density at radius 3 is 2.42 bits per heavy atom. The molecule has 3 nitrogen and oxygen atoms in total. The molecule has 0 aliphatic rings. The summed E-state index contributed by atoms with van der Waals surface area (Å²) in [6.45, 7) is 2.26. The number of amides is 1. The quantitative estimate of drug-likeness (QED) is 0.819. The van der Waals surface area contributed by atoms with Crippen LogP contribution in [0.4, 0.5) is 18.9 Å². The van der Waals surface area contributed by atoms with Crippen LogP contribution in [0.2, 0.25) is 0 Å². The predicted octanol–water partition coefficient (Wildman–Crippen LogP) is 3.22. The molecule has 0 aliphatic carbocycles. The van der Waals surface area contributed by atoms with E-state index >= 15 is 0 Å². The molecule has 0 bridgehead atoms. The minimum atomic E-state index is -4.30. The molecule has 0 fully saturated rings. The lowest BCUT2D eigenvalue weighted by Gasteiger charge is -2.10. The highest BCUT2D eigenvalue weighted by Gasteiger charge is 2.28. The third-order valence-corrected chi connectivity index (χ3v) is 3.05. The standard InChI is InChI=1S/C12H15F3N2OS/c1-8(7-16)6-11(18)17-9-2-4-10(5-3-9)19-12(13,14)15/h2-5,8H,6-7,16H2,1H3,(H,17,18). The van der Waals surface area contributed by atoms with Crippen molar-refractivity contribution in [2.75, 3.05) is 11.9 Å². The molecule has 0 saturated heterocycles. The van der Waals surface area contributed by atoms with Crippen molar-refractivity contribution in [3.8, 4) is 0 Å². The zero-order valence-electron chi connectivity index (χ0n) is 10.3. The highest BCUT2D eigenvalue weighted by atomic mass is 32.2. The van der Waals surface area contributed by atoms with Crippen molar-refractivity contribution >= 4 is 23.4 Å². The van der Waals surface area contributed by atoms with Crippen LogP contribution >= 0.6 is 11.8 Å². The first-order valence-corrected chi connectivity index (χ1v) is 6.47. The summed E-state index contributed by atoms with van der Waals surface area (Å²) >= 11 is -0.187. The van der Waals surface area contributed by atoms with E-state index in [4.69, 9.17) is 5.73 Å². The summed E-state index contributed by atoms with van der Waals surface area (Å²) in [4.78, 5) is 11.6. The highest BCUT2D eigenvalue weighted by molar-refractivity contribution is 8.00. The molecule has 1 rings (SSSR count). The summed E-state index contributed by atoms with van der Waals surface area (Å²) < 4.78 is 36.3. The number of carbonyl (C=O) groups is 1. The van der Waals surface area contributed by atoms with Gasteiger partial charge < -0.3 is 11.1 Å². The van der Waals surface area contributed by atoms with E-state index < -0.39 is 5.51 Å². The molecule has 19 heavy (non-hydrogen) atoms. The number of anilines is 1. The normalized spacial score (nSPS) is 13.1. The van der Waals surface area contributed by atoms with Gasteiger partial charge >= 0.3 is 5.51 Å². The number of alkyl halides is 3. The van der Waals surface area contributed by atoms with Gasteiger partial charge in [0.2, 0.25) is 5.91 Å². The Balaban J connectivity index is 2.55. The average molecular weight is 292 g/mol. The van der Waals surface area contributed by atoms with Gasteiger partial charge in [0.1, 0.15) is 0 Å². The second-order valence-electron chi connectivity index (χ2n) is 4.17. The number of benzene rings is 1. The summed E-state index contributed by atoms with van der Waals surface area (Å²) in [5.74, 6) is -0.130. The first kappa shape index (κ1) is 15.8. The van der Waals surface area contributed by atoms with Gasteiger partial charge in [0, 0.05) is 17.0 Å². The van der Waals surface area contributed by atoms with Crippen LogP contribution in [-0.4, -0.2) is 18.0 Å². The van der Waals surface area contributed by atoms with Crippen LogP contribution in [0, 0.1) is 5.92 Å². The lowest BCUT2D eigenvalue weighted by molar-refractivity contribution is -0.116. The van der Waals surface area contributed by atoms with E-state index in [1.165, 1.54) is 24.3 Å². The minimum absolute atomic E-state index is 0.0695. The lowest BCUT2D eigenvalue weighted by atomic mass is 10.1. The van der Waals surface area contributed by atoms with E-state index in [-0.39, 0.29) is 34.9 Å². The minimum Gasteiger partial charge on any atom is -0.330 e. The Bertz CT molecular complexity index is 420. The van der Waals surface area contributed by atoms with E-state index in [1.807, 2.05) is 6.92 Å². The van der Waals surface area contributed by atoms with E-state index in [0.717, 1.165) is 0 Å². The van der Waals surface area contributed by atoms with Gasteiger partial charge in [-0.15, -0.1) is 0 Å². The zero-order chi connectivity index (χ0) is 14.5. The number of halogens is 3. The highest BCUT2D eigenvalue weighted by Crippen LogP contribution is 2.37. The molecular formula is C12H15F3N2OS. The van der Waals surface area contributed by atoms with Crippen LogP contribution in [0.15, 0.2) is 29.2 Å². The number of thioether (sulfide) groups is 1. The van der Waals surface area contributed by atoms with E-state index in [2.05, 4.69) is 5.32 Å². The summed E-state index contributed by atoms with van der Waals surface area (Å²) in [6, 6.07) is 5.53. The van der Waals surface area contributed by atoms with E-state index in [0.29, 0.717) is 12.2 Å². The lowest BCUT2D eigenvalue weighted by Crippen LogP contribution is -2.20. The molecule has 1 aromatic rings. The maximum absolute atomic E-state index is 12.1. The summed E-state index contributed by atoms with van der Waals surface area (Å²) in [7, 11) is 0. The van der Waals surface area contributed by atoms with Crippen molar-refractivity contribution in [3.63, 3.8) is 0 Å². The number of rotatable bonds is 5. The van der Waals surface area contributed by atoms with E-state index in [9.17, 15) is 18.0 Å². The molecule has 0 spiro atoms. The molecule has 0 heterocycles. The molecule has 0 saturated carbocycles. The van der Waals surface area contributed by atoms with Crippen LogP contribution in [0.25, 0.3) is 0 Å². The number of nitrogens with one attached hydrogen (secondary N) is 1. The van der Waals surface area contributed by atoms with Gasteiger partial charge in [-0.05, 0) is 48.5 Å². The molecule has 7 heteroatoms. The fourth-order valence-corrected chi connectivity index (χ4v) is 1.89. The summed E-state index contributed by atoms with van der Waals surface area (Å²) in [5.41, 5.74) is 1.57. The molecule has 1 atom stereocenters. The third kappa shape index (κ3) is 6.49. The smallest absolute Gasteiger partial charge is 0.330 e. The van der Waals surface area contributed by atoms with Crippen molar-refractivity contribution in [2.24, 2.45) is 11.7 Å². The van der Waals surface area contributed by atoms with Crippen LogP contribution in [-0.2, 0) is 4.79 Å². The average Bonchev–Trinajstić information content (AvgIpc) is 2.29. The summed E-state index contributed by atoms with van der Waals surface area (Å²) in [6.07, 6.45) is 0.287. The SMILES string of the molecule is CC(CN)CC(=O)Nc1ccc(SC(F)(F)F)cc1. The Morgan fingerprint density at radius 1 is 1.37 bits per heavy atom. The van der Waals surface area contributed by atoms with Crippen molar-refractivity contribution in [1.82, 2.24) is 0 Å². The van der Waals surface area contributed by atoms with Crippen LogP contribution < -0.4 is 11.1 Å². The van der Waals surface area contributed by atoms with Gasteiger partial charge in [0.15, 0.2) is 0 Å². The molecule has 0 aromatic heterocycles. The van der Waals surface area contributed by atoms with Crippen molar-refractivity contribution in [3.05, 3.63) is 24.3 Å². The van der Waals surface area contributed by atoms with E-state index in [1.54, 1.807) is 0 Å². The van der Waals surface area contributed by atoms with Gasteiger partial charge in [-0.2, -0.15) is 13.2 Å². The molecule has 106 valence electrons. The largest absolute Gasteiger partial charge is 0.446 e. The number of hydrogen-bond acceptors (Lipinski definition) is 3. The van der Waals surface area contributed by atoms with Crippen molar-refractivity contribution in [1.29, 1.82) is 0 Å². The van der Waals surface area contributed by atoms with Crippen LogP contribution in [0.1, 0.15) is 13.3 Å². The Labute approximate surface area is 113 Å². The fourth-order valence-electron chi connectivity index (χ4n) is 1.35. The zero-order valence-corrected chi connectivity index (χ0v) is 11.1. The van der Waals surface area contributed by atoms with Gasteiger partial charge in [0.25, 0.3) is 0 Å². The predicted molar refractivity (Wildman–Crippen MR) is 69.8 cm³/mol. The number of nitrogens with two attached hydrogens (primary N) is 1. The van der Waals surface area contributed by atoms with Gasteiger partial charge in [-0.25, -0.2) is 0 Å². The van der Waals surface area contributed by atoms with Crippen LogP contribution in [0.5, 0.6) is 0 Å². The Kier molecular flexibility index (Phi) is 5.68. The second-order valence-corrected chi connectivity index (χ2v) is 5.30. The van der Waals surface area contributed by atoms with Gasteiger partial charge in [-0.3, -0.25) is 4.79 Å². The maximum Gasteiger partial charge on any atom is 0.446 e. The Hall–Kier alpha value is -1.21. The second kappa shape index (κ2) is 6.81. The Morgan fingerprint density at radius 2 is 1.95 bits per heavy atom. The molecule has 3 N–H and O–H groups in total. The molecule has 0 radical (unpaired) electrons. The molecular weight excluding hydrogens is 277 g/mol. The molecule has 1 unspecified atom stereocenters. The van der Waals surface area contributed by atoms with Crippen molar-refractivity contribution in [2.45, 2.75) is 23.7 Å². The maximum atomic E-state index is 12.1. The van der Waals surface area contributed by atoms with Gasteiger partial charge in [-0.1, -0.05) is 6.92 Å². The molecule has 1 amide bonds. The number of carbonyl (C=O) groups excluding carboxylic acids is 1. The fraction of sp³-hybridized carbons (Fsp3) is 0.417. The van der Waals surface area contributed by atoms with Crippen LogP contribution in [0.3, 0.4) is 0 Å². The van der Waals surface area contributed by atoms with Gasteiger partial charge in [0.05, 0.1) is 0 Å². The monoisotopic (exact) mass is 292 g/mol. The number of hydrogen-bond donors (Lipinski definition) is 2. The molecule has 0 aliphatic heterocycles. The molecule has 1 aromatic carbocycles. The topological polar surface area (TPSA) is 55.1 Å². The third-order valence-electron chi connectivity index (χ3n) is 2.31. The first-order chi connectivity index (χ1) is 8.80. The first-order valence-electron chi connectivity index (χ1n) is 5.66. The van der Waals surface area contributed by atoms with Crippen molar-refractivity contribution < 1.29 is 18.0 Å². The summed E-state index contributed by atoms with van der Waals surface area (Å²) in [5, 5.41) is 2.61.